The van der Waals surface area contributed by atoms with E-state index in [2.05, 4.69) is 27.3 Å². The van der Waals surface area contributed by atoms with Crippen molar-refractivity contribution >= 4 is 8.07 Å². The Bertz CT molecular complexity index is 56.4. The predicted molar refractivity (Wildman–Crippen MR) is 44.2 cm³/mol. The fraction of sp³-hybridized carbons (Fsp3) is 1.00. The van der Waals surface area contributed by atoms with Crippen molar-refractivity contribution in [2.75, 3.05) is 0 Å². The molecule has 0 aromatic heterocycles. The number of hydrogen-bond donors (Lipinski definition) is 0. The summed E-state index contributed by atoms with van der Waals surface area (Å²) in [5.74, 6) is 0. The third-order valence-electron chi connectivity index (χ3n) is 2.56. The van der Waals surface area contributed by atoms with Crippen LogP contribution in [0, 0.1) is 0 Å². The molecule has 0 aromatic rings. The van der Waals surface area contributed by atoms with Crippen LogP contribution < -0.4 is 18.9 Å². The van der Waals surface area contributed by atoms with Gasteiger partial charge in [-0.1, -0.05) is 45.5 Å². The summed E-state index contributed by atoms with van der Waals surface area (Å²) in [7, 11) is -0.671. The zero-order valence-electron chi connectivity index (χ0n) is 8.62. The van der Waals surface area contributed by atoms with Crippen molar-refractivity contribution in [3.05, 3.63) is 0 Å². The molecule has 0 atom stereocenters. The van der Waals surface area contributed by atoms with Crippen LogP contribution in [-0.4, -0.2) is 8.07 Å². The van der Waals surface area contributed by atoms with E-state index >= 15 is 0 Å². The van der Waals surface area contributed by atoms with Crippen LogP contribution in [0.2, 0.25) is 24.7 Å². The first-order valence-electron chi connectivity index (χ1n) is 3.68. The van der Waals surface area contributed by atoms with Crippen LogP contribution in [-0.2, 0) is 0 Å². The molecule has 0 saturated heterocycles. The molecule has 0 N–H and O–H groups in total. The second-order valence-corrected chi connectivity index (χ2v) is 8.61. The summed E-state index contributed by atoms with van der Waals surface area (Å²) in [6, 6.07) is 4.38. The van der Waals surface area contributed by atoms with Gasteiger partial charge in [-0.3, -0.25) is 0 Å². The van der Waals surface area contributed by atoms with Gasteiger partial charge < -0.3 is 1.43 Å². The van der Waals surface area contributed by atoms with Crippen molar-refractivity contribution in [1.29, 1.82) is 0 Å². The second kappa shape index (κ2) is 5.59. The number of rotatable bonds is 3. The monoisotopic (exact) mass is 138 g/mol. The molecule has 0 radical (unpaired) electrons. The van der Waals surface area contributed by atoms with Crippen LogP contribution in [0.1, 0.15) is 22.2 Å². The molecule has 52 valence electrons. The van der Waals surface area contributed by atoms with E-state index in [0.717, 1.165) is 0 Å². The molecule has 0 aliphatic carbocycles. The molecule has 0 aromatic carbocycles. The average Bonchev–Trinajstić information content (AvgIpc) is 1.87. The maximum absolute atomic E-state index is 2.49. The van der Waals surface area contributed by atoms with Gasteiger partial charge in [-0.25, -0.2) is 0 Å². The standard InChI is InChI=1S/C7H18Si.Li.H/c1-5-8(4,6-2)7-3;;/h5-7H2,1-4H3;;/q;+1;-1. The van der Waals surface area contributed by atoms with Crippen LogP contribution in [0.25, 0.3) is 0 Å². The molecule has 0 rings (SSSR count). The van der Waals surface area contributed by atoms with Crippen LogP contribution in [0.15, 0.2) is 0 Å². The predicted octanol–water partition coefficient (Wildman–Crippen LogP) is 0.241. The minimum atomic E-state index is -0.671. The summed E-state index contributed by atoms with van der Waals surface area (Å²) in [5, 5.41) is 0. The molecule has 0 aliphatic rings. The Balaban J connectivity index is -0.000000245. The zero-order chi connectivity index (χ0) is 6.62. The van der Waals surface area contributed by atoms with Crippen LogP contribution in [0.4, 0.5) is 0 Å². The average molecular weight is 138 g/mol. The Hall–Kier alpha value is 0.814. The Morgan fingerprint density at radius 1 is 1.00 bits per heavy atom. The van der Waals surface area contributed by atoms with Gasteiger partial charge >= 0.3 is 18.9 Å². The van der Waals surface area contributed by atoms with E-state index in [1.54, 1.807) is 0 Å². The van der Waals surface area contributed by atoms with Gasteiger partial charge in [0.2, 0.25) is 0 Å². The first-order valence-corrected chi connectivity index (χ1v) is 6.80. The SMILES string of the molecule is CC[Si](C)(CC)CC.[H-].[Li+]. The van der Waals surface area contributed by atoms with Gasteiger partial charge in [0.1, 0.15) is 0 Å². The smallest absolute Gasteiger partial charge is 1.00 e. The van der Waals surface area contributed by atoms with E-state index in [1.165, 1.54) is 18.1 Å². The Morgan fingerprint density at radius 2 is 1.22 bits per heavy atom. The van der Waals surface area contributed by atoms with E-state index < -0.39 is 8.07 Å². The van der Waals surface area contributed by atoms with Crippen LogP contribution in [0.5, 0.6) is 0 Å². The molecule has 0 nitrogen and oxygen atoms in total. The summed E-state index contributed by atoms with van der Waals surface area (Å²) in [6.07, 6.45) is 0. The molecular weight excluding hydrogens is 119 g/mol. The molecule has 0 amide bonds. The van der Waals surface area contributed by atoms with E-state index in [4.69, 9.17) is 0 Å². The van der Waals surface area contributed by atoms with Gasteiger partial charge in [0.05, 0.1) is 0 Å². The van der Waals surface area contributed by atoms with E-state index in [1.807, 2.05) is 0 Å². The maximum Gasteiger partial charge on any atom is 1.00 e. The van der Waals surface area contributed by atoms with Crippen molar-refractivity contribution in [1.82, 2.24) is 0 Å². The first-order chi connectivity index (χ1) is 3.68. The molecule has 2 heteroatoms. The van der Waals surface area contributed by atoms with Gasteiger partial charge in [0.15, 0.2) is 0 Å². The number of hydrogen-bond acceptors (Lipinski definition) is 0. The van der Waals surface area contributed by atoms with Crippen molar-refractivity contribution in [2.24, 2.45) is 0 Å². The minimum absolute atomic E-state index is 0. The third kappa shape index (κ3) is 4.25. The summed E-state index contributed by atoms with van der Waals surface area (Å²) < 4.78 is 0. The maximum atomic E-state index is 2.49. The minimum Gasteiger partial charge on any atom is -1.00 e. The zero-order valence-corrected chi connectivity index (χ0v) is 8.62. The van der Waals surface area contributed by atoms with E-state index in [-0.39, 0.29) is 20.3 Å². The second-order valence-electron chi connectivity index (χ2n) is 2.87. The largest absolute Gasteiger partial charge is 1.00 e. The molecule has 0 bridgehead atoms. The van der Waals surface area contributed by atoms with E-state index in [0.29, 0.717) is 0 Å². The van der Waals surface area contributed by atoms with Gasteiger partial charge in [-0.05, 0) is 0 Å². The Kier molecular flexibility index (Phi) is 7.75. The molecule has 0 spiro atoms. The molecule has 0 unspecified atom stereocenters. The quantitative estimate of drug-likeness (QED) is 0.490. The van der Waals surface area contributed by atoms with Gasteiger partial charge in [0.25, 0.3) is 0 Å². The van der Waals surface area contributed by atoms with Crippen molar-refractivity contribution in [2.45, 2.75) is 45.5 Å². The molecule has 9 heavy (non-hydrogen) atoms. The van der Waals surface area contributed by atoms with Crippen molar-refractivity contribution in [3.63, 3.8) is 0 Å². The van der Waals surface area contributed by atoms with Crippen LogP contribution in [0.3, 0.4) is 0 Å². The van der Waals surface area contributed by atoms with Gasteiger partial charge in [0, 0.05) is 8.07 Å². The topological polar surface area (TPSA) is 0 Å². The third-order valence-corrected chi connectivity index (χ3v) is 7.68. The van der Waals surface area contributed by atoms with Crippen molar-refractivity contribution < 1.29 is 20.3 Å². The summed E-state index contributed by atoms with van der Waals surface area (Å²) in [4.78, 5) is 0. The van der Waals surface area contributed by atoms with Gasteiger partial charge in [-0.2, -0.15) is 0 Å². The first kappa shape index (κ1) is 12.5. The summed E-state index contributed by atoms with van der Waals surface area (Å²) in [6.45, 7) is 9.49. The fourth-order valence-electron chi connectivity index (χ4n) is 0.750. The fourth-order valence-corrected chi connectivity index (χ4v) is 2.25. The molecular formula is C7H19LiSi. The van der Waals surface area contributed by atoms with Gasteiger partial charge in [-0.15, -0.1) is 0 Å². The van der Waals surface area contributed by atoms with E-state index in [9.17, 15) is 0 Å². The van der Waals surface area contributed by atoms with Crippen molar-refractivity contribution in [3.8, 4) is 0 Å². The Labute approximate surface area is 74.1 Å². The molecule has 0 saturated carbocycles. The summed E-state index contributed by atoms with van der Waals surface area (Å²) >= 11 is 0. The molecule has 0 heterocycles. The molecule has 0 fully saturated rings. The molecule has 0 aliphatic heterocycles. The summed E-state index contributed by atoms with van der Waals surface area (Å²) in [5.41, 5.74) is 0. The Morgan fingerprint density at radius 3 is 1.22 bits per heavy atom. The normalized spacial score (nSPS) is 10.7. The van der Waals surface area contributed by atoms with Crippen LogP contribution >= 0.6 is 0 Å².